The van der Waals surface area contributed by atoms with Crippen LogP contribution in [0.3, 0.4) is 0 Å². The van der Waals surface area contributed by atoms with Crippen LogP contribution in [0.5, 0.6) is 0 Å². The number of aryl methyl sites for hydroxylation is 2. The van der Waals surface area contributed by atoms with E-state index in [1.807, 2.05) is 26.2 Å². The lowest BCUT2D eigenvalue weighted by Gasteiger charge is -2.12. The van der Waals surface area contributed by atoms with Crippen molar-refractivity contribution in [3.05, 3.63) is 33.8 Å². The lowest BCUT2D eigenvalue weighted by molar-refractivity contribution is 0.507. The number of aromatic nitrogens is 3. The summed E-state index contributed by atoms with van der Waals surface area (Å²) < 4.78 is 2.18. The Bertz CT molecular complexity index is 670. The van der Waals surface area contributed by atoms with Gasteiger partial charge in [0, 0.05) is 30.4 Å². The molecule has 6 nitrogen and oxygen atoms in total. The second-order valence-corrected chi connectivity index (χ2v) is 7.47. The molecule has 0 saturated heterocycles. The number of thiazole rings is 1. The molecule has 2 heterocycles. The first-order valence-electron chi connectivity index (χ1n) is 8.44. The Labute approximate surface area is 148 Å². The maximum Gasteiger partial charge on any atom is 0.191 e. The van der Waals surface area contributed by atoms with E-state index in [4.69, 9.17) is 0 Å². The number of imidazole rings is 1. The maximum absolute atomic E-state index is 4.67. The predicted molar refractivity (Wildman–Crippen MR) is 100 cm³/mol. The monoisotopic (exact) mass is 348 g/mol. The van der Waals surface area contributed by atoms with Crippen LogP contribution >= 0.6 is 11.3 Å². The highest BCUT2D eigenvalue weighted by Crippen LogP contribution is 2.16. The molecule has 7 heteroatoms. The smallest absolute Gasteiger partial charge is 0.191 e. The summed E-state index contributed by atoms with van der Waals surface area (Å²) >= 11 is 1.73. The summed E-state index contributed by atoms with van der Waals surface area (Å²) in [4.78, 5) is 14.8. The Kier molecular flexibility index (Phi) is 6.78. The molecule has 0 radical (unpaired) electrons. The van der Waals surface area contributed by atoms with Crippen molar-refractivity contribution < 1.29 is 0 Å². The molecule has 2 aromatic rings. The van der Waals surface area contributed by atoms with Gasteiger partial charge in [-0.15, -0.1) is 11.3 Å². The molecule has 2 rings (SSSR count). The van der Waals surface area contributed by atoms with Crippen molar-refractivity contribution in [2.45, 2.75) is 54.3 Å². The van der Waals surface area contributed by atoms with Gasteiger partial charge in [-0.3, -0.25) is 0 Å². The molecule has 0 unspecified atom stereocenters. The molecule has 0 saturated carbocycles. The van der Waals surface area contributed by atoms with Gasteiger partial charge in [-0.25, -0.2) is 15.0 Å². The third kappa shape index (κ3) is 5.33. The van der Waals surface area contributed by atoms with E-state index in [-0.39, 0.29) is 0 Å². The predicted octanol–water partition coefficient (Wildman–Crippen LogP) is 2.87. The number of hydrogen-bond donors (Lipinski definition) is 2. The van der Waals surface area contributed by atoms with Gasteiger partial charge in [0.1, 0.15) is 12.4 Å². The Morgan fingerprint density at radius 3 is 2.75 bits per heavy atom. The van der Waals surface area contributed by atoms with E-state index in [1.165, 1.54) is 4.88 Å². The zero-order valence-electron chi connectivity index (χ0n) is 15.3. The molecule has 0 aliphatic carbocycles. The first-order chi connectivity index (χ1) is 11.5. The zero-order chi connectivity index (χ0) is 17.5. The molecule has 0 fully saturated rings. The number of hydrogen-bond acceptors (Lipinski definition) is 4. The van der Waals surface area contributed by atoms with E-state index in [2.05, 4.69) is 50.9 Å². The number of nitrogens with zero attached hydrogens (tertiary/aromatic N) is 4. The van der Waals surface area contributed by atoms with Crippen LogP contribution in [0.1, 0.15) is 42.2 Å². The van der Waals surface area contributed by atoms with Gasteiger partial charge in [-0.1, -0.05) is 13.8 Å². The molecule has 0 bridgehead atoms. The zero-order valence-corrected chi connectivity index (χ0v) is 16.1. The molecule has 0 atom stereocenters. The Morgan fingerprint density at radius 2 is 2.12 bits per heavy atom. The fraction of sp³-hybridized carbons (Fsp3) is 0.588. The van der Waals surface area contributed by atoms with Crippen LogP contribution in [0.25, 0.3) is 0 Å². The second kappa shape index (κ2) is 8.82. The first kappa shape index (κ1) is 18.4. The Balaban J connectivity index is 2.00. The molecule has 132 valence electrons. The first-order valence-corrected chi connectivity index (χ1v) is 9.26. The summed E-state index contributed by atoms with van der Waals surface area (Å²) in [5.74, 6) is 2.39. The van der Waals surface area contributed by atoms with E-state index in [1.54, 1.807) is 11.3 Å². The van der Waals surface area contributed by atoms with Crippen molar-refractivity contribution in [3.63, 3.8) is 0 Å². The van der Waals surface area contributed by atoms with E-state index in [9.17, 15) is 0 Å². The van der Waals surface area contributed by atoms with Gasteiger partial charge < -0.3 is 15.2 Å². The molecule has 0 aliphatic rings. The van der Waals surface area contributed by atoms with Crippen molar-refractivity contribution in [1.82, 2.24) is 25.2 Å². The average Bonchev–Trinajstić information content (AvgIpc) is 3.07. The van der Waals surface area contributed by atoms with Crippen LogP contribution in [0.15, 0.2) is 17.4 Å². The topological polar surface area (TPSA) is 67.1 Å². The fourth-order valence-corrected chi connectivity index (χ4v) is 3.32. The van der Waals surface area contributed by atoms with Gasteiger partial charge in [0.15, 0.2) is 5.96 Å². The molecule has 2 aromatic heterocycles. The largest absolute Gasteiger partial charge is 0.357 e. The van der Waals surface area contributed by atoms with Crippen LogP contribution in [0.4, 0.5) is 0 Å². The van der Waals surface area contributed by atoms with Crippen LogP contribution in [-0.4, -0.2) is 27.0 Å². The van der Waals surface area contributed by atoms with Gasteiger partial charge in [0.25, 0.3) is 0 Å². The molecule has 2 N–H and O–H groups in total. The highest BCUT2D eigenvalue weighted by Gasteiger charge is 2.07. The lowest BCUT2D eigenvalue weighted by Crippen LogP contribution is -2.36. The highest BCUT2D eigenvalue weighted by molar-refractivity contribution is 7.11. The van der Waals surface area contributed by atoms with Crippen LogP contribution in [0, 0.1) is 19.8 Å². The van der Waals surface area contributed by atoms with Crippen molar-refractivity contribution >= 4 is 17.3 Å². The number of rotatable bonds is 7. The summed E-state index contributed by atoms with van der Waals surface area (Å²) in [5.41, 5.74) is 1.09. The Hall–Kier alpha value is -1.89. The molecule has 0 spiro atoms. The van der Waals surface area contributed by atoms with Crippen molar-refractivity contribution in [2.24, 2.45) is 10.9 Å². The number of guanidine groups is 1. The minimum absolute atomic E-state index is 0.565. The molecular weight excluding hydrogens is 320 g/mol. The standard InChI is InChI=1S/C17H28N6S/c1-6-18-17(20-9-15-13(4)22-14(5)24-15)21-10-16-19-7-8-23(16)11-12(2)3/h7-8,12H,6,9-11H2,1-5H3,(H2,18,20,21). The van der Waals surface area contributed by atoms with Crippen molar-refractivity contribution in [1.29, 1.82) is 0 Å². The summed E-state index contributed by atoms with van der Waals surface area (Å²) in [5, 5.41) is 7.77. The lowest BCUT2D eigenvalue weighted by atomic mass is 10.2. The van der Waals surface area contributed by atoms with E-state index < -0.39 is 0 Å². The second-order valence-electron chi connectivity index (χ2n) is 6.18. The van der Waals surface area contributed by atoms with Gasteiger partial charge in [0.2, 0.25) is 0 Å². The molecular formula is C17H28N6S. The van der Waals surface area contributed by atoms with E-state index in [0.717, 1.165) is 42.1 Å². The minimum Gasteiger partial charge on any atom is -0.357 e. The average molecular weight is 349 g/mol. The van der Waals surface area contributed by atoms with Gasteiger partial charge in [-0.2, -0.15) is 0 Å². The fourth-order valence-electron chi connectivity index (χ4n) is 2.44. The minimum atomic E-state index is 0.565. The third-order valence-corrected chi connectivity index (χ3v) is 4.58. The van der Waals surface area contributed by atoms with Crippen molar-refractivity contribution in [3.8, 4) is 0 Å². The number of aliphatic imine (C=N–C) groups is 1. The van der Waals surface area contributed by atoms with E-state index in [0.29, 0.717) is 12.5 Å². The Morgan fingerprint density at radius 1 is 1.33 bits per heavy atom. The molecule has 0 aliphatic heterocycles. The van der Waals surface area contributed by atoms with Crippen molar-refractivity contribution in [2.75, 3.05) is 6.54 Å². The van der Waals surface area contributed by atoms with E-state index >= 15 is 0 Å². The highest BCUT2D eigenvalue weighted by atomic mass is 32.1. The normalized spacial score (nSPS) is 12.0. The summed E-state index contributed by atoms with van der Waals surface area (Å²) in [6.07, 6.45) is 3.87. The summed E-state index contributed by atoms with van der Waals surface area (Å²) in [7, 11) is 0. The molecule has 24 heavy (non-hydrogen) atoms. The van der Waals surface area contributed by atoms with Gasteiger partial charge in [-0.05, 0) is 26.7 Å². The number of nitrogens with one attached hydrogen (secondary N) is 2. The SMILES string of the molecule is CCNC(=NCc1nccn1CC(C)C)NCc1sc(C)nc1C. The summed E-state index contributed by atoms with van der Waals surface area (Å²) in [6.45, 7) is 13.7. The molecule has 0 aromatic carbocycles. The maximum atomic E-state index is 4.67. The van der Waals surface area contributed by atoms with Crippen LogP contribution < -0.4 is 10.6 Å². The quantitative estimate of drug-likeness (QED) is 0.596. The molecule has 0 amide bonds. The van der Waals surface area contributed by atoms with Crippen LogP contribution in [0.2, 0.25) is 0 Å². The van der Waals surface area contributed by atoms with Crippen LogP contribution in [-0.2, 0) is 19.6 Å². The van der Waals surface area contributed by atoms with Gasteiger partial charge in [0.05, 0.1) is 17.2 Å². The summed E-state index contributed by atoms with van der Waals surface area (Å²) in [6, 6.07) is 0. The van der Waals surface area contributed by atoms with Gasteiger partial charge >= 0.3 is 0 Å². The third-order valence-electron chi connectivity index (χ3n) is 3.50.